The first-order valence-electron chi connectivity index (χ1n) is 7.56. The molecule has 1 atom stereocenters. The van der Waals surface area contributed by atoms with Gasteiger partial charge in [0.2, 0.25) is 0 Å². The van der Waals surface area contributed by atoms with Crippen molar-refractivity contribution >= 4 is 18.0 Å². The molecule has 1 unspecified atom stereocenters. The Morgan fingerprint density at radius 1 is 1.20 bits per heavy atom. The third-order valence-electron chi connectivity index (χ3n) is 3.35. The zero-order valence-corrected chi connectivity index (χ0v) is 13.9. The number of benzene rings is 2. The zero-order chi connectivity index (χ0) is 18.2. The van der Waals surface area contributed by atoms with Crippen LogP contribution in [0.25, 0.3) is 0 Å². The summed E-state index contributed by atoms with van der Waals surface area (Å²) in [5.41, 5.74) is 3.39. The molecule has 2 aromatic carbocycles. The molecule has 7 nitrogen and oxygen atoms in total. The van der Waals surface area contributed by atoms with Crippen molar-refractivity contribution in [2.75, 3.05) is 7.11 Å². The molecule has 0 spiro atoms. The normalized spacial score (nSPS) is 11.8. The van der Waals surface area contributed by atoms with E-state index in [2.05, 4.69) is 15.8 Å². The molecule has 0 saturated heterocycles. The number of phenolic OH excluding ortho intramolecular Hbond substituents is 1. The summed E-state index contributed by atoms with van der Waals surface area (Å²) in [6.07, 6.45) is 1.40. The minimum Gasteiger partial charge on any atom is -0.508 e. The summed E-state index contributed by atoms with van der Waals surface area (Å²) in [5, 5.41) is 15.7. The molecule has 7 heteroatoms. The molecule has 0 aliphatic carbocycles. The summed E-state index contributed by atoms with van der Waals surface area (Å²) in [4.78, 5) is 24.1. The van der Waals surface area contributed by atoms with Crippen LogP contribution in [0.5, 0.6) is 11.5 Å². The zero-order valence-electron chi connectivity index (χ0n) is 13.9. The average Bonchev–Trinajstić information content (AvgIpc) is 2.61. The van der Waals surface area contributed by atoms with Gasteiger partial charge in [-0.05, 0) is 48.9 Å². The van der Waals surface area contributed by atoms with Crippen molar-refractivity contribution in [1.29, 1.82) is 0 Å². The fourth-order valence-corrected chi connectivity index (χ4v) is 1.96. The first kappa shape index (κ1) is 18.0. The molecule has 3 N–H and O–H groups in total. The third-order valence-corrected chi connectivity index (χ3v) is 3.35. The van der Waals surface area contributed by atoms with E-state index in [4.69, 9.17) is 4.74 Å². The molecule has 0 radical (unpaired) electrons. The molecule has 0 aliphatic heterocycles. The fourth-order valence-electron chi connectivity index (χ4n) is 1.96. The Morgan fingerprint density at radius 3 is 2.56 bits per heavy atom. The van der Waals surface area contributed by atoms with E-state index in [1.165, 1.54) is 18.3 Å². The van der Waals surface area contributed by atoms with Crippen molar-refractivity contribution in [2.24, 2.45) is 5.10 Å². The molecule has 0 saturated carbocycles. The monoisotopic (exact) mass is 341 g/mol. The lowest BCUT2D eigenvalue weighted by atomic mass is 10.2. The van der Waals surface area contributed by atoms with Crippen LogP contribution in [0.1, 0.15) is 22.8 Å². The van der Waals surface area contributed by atoms with Gasteiger partial charge in [-0.25, -0.2) is 5.43 Å². The molecule has 2 rings (SSSR count). The molecule has 0 aliphatic rings. The Labute approximate surface area is 145 Å². The van der Waals surface area contributed by atoms with Crippen LogP contribution in [0.3, 0.4) is 0 Å². The van der Waals surface area contributed by atoms with Gasteiger partial charge >= 0.3 is 0 Å². The molecule has 130 valence electrons. The van der Waals surface area contributed by atoms with Crippen molar-refractivity contribution < 1.29 is 19.4 Å². The van der Waals surface area contributed by atoms with Gasteiger partial charge in [-0.1, -0.05) is 12.1 Å². The summed E-state index contributed by atoms with van der Waals surface area (Å²) in [7, 11) is 1.54. The van der Waals surface area contributed by atoms with Crippen molar-refractivity contribution in [1.82, 2.24) is 10.7 Å². The van der Waals surface area contributed by atoms with Crippen LogP contribution in [0.2, 0.25) is 0 Å². The predicted molar refractivity (Wildman–Crippen MR) is 93.8 cm³/mol. The first-order valence-corrected chi connectivity index (χ1v) is 7.56. The smallest absolute Gasteiger partial charge is 0.262 e. The summed E-state index contributed by atoms with van der Waals surface area (Å²) >= 11 is 0. The first-order chi connectivity index (χ1) is 12.0. The number of aromatic hydroxyl groups is 1. The number of hydrogen-bond donors (Lipinski definition) is 3. The molecule has 0 fully saturated rings. The number of methoxy groups -OCH3 is 1. The molecule has 25 heavy (non-hydrogen) atoms. The minimum absolute atomic E-state index is 0.107. The van der Waals surface area contributed by atoms with E-state index in [0.29, 0.717) is 16.9 Å². The number of nitrogens with zero attached hydrogens (tertiary/aromatic N) is 1. The second-order valence-electron chi connectivity index (χ2n) is 5.25. The number of rotatable bonds is 6. The van der Waals surface area contributed by atoms with Gasteiger partial charge in [0, 0.05) is 5.56 Å². The lowest BCUT2D eigenvalue weighted by Crippen LogP contribution is -2.43. The maximum Gasteiger partial charge on any atom is 0.262 e. The van der Waals surface area contributed by atoms with Crippen LogP contribution in [-0.2, 0) is 4.79 Å². The molecular weight excluding hydrogens is 322 g/mol. The standard InChI is InChI=1S/C18H19N3O4/c1-12(20-18(24)14-6-8-16(25-2)9-7-14)17(23)21-19-11-13-4-3-5-15(22)10-13/h3-12,22H,1-2H3,(H,20,24)(H,21,23). The van der Waals surface area contributed by atoms with Crippen molar-refractivity contribution in [2.45, 2.75) is 13.0 Å². The van der Waals surface area contributed by atoms with Crippen LogP contribution in [0.15, 0.2) is 53.6 Å². The highest BCUT2D eigenvalue weighted by Crippen LogP contribution is 2.11. The van der Waals surface area contributed by atoms with Crippen LogP contribution >= 0.6 is 0 Å². The van der Waals surface area contributed by atoms with Crippen molar-refractivity contribution in [3.63, 3.8) is 0 Å². The van der Waals surface area contributed by atoms with Crippen LogP contribution < -0.4 is 15.5 Å². The molecule has 0 heterocycles. The fraction of sp³-hybridized carbons (Fsp3) is 0.167. The highest BCUT2D eigenvalue weighted by molar-refractivity contribution is 5.97. The molecular formula is C18H19N3O4. The minimum atomic E-state index is -0.768. The molecule has 0 bridgehead atoms. The number of ether oxygens (including phenoxy) is 1. The number of hydrogen-bond acceptors (Lipinski definition) is 5. The lowest BCUT2D eigenvalue weighted by molar-refractivity contribution is -0.122. The highest BCUT2D eigenvalue weighted by Gasteiger charge is 2.16. The summed E-state index contributed by atoms with van der Waals surface area (Å²) in [5.74, 6) is -0.0837. The van der Waals surface area contributed by atoms with Gasteiger partial charge in [-0.3, -0.25) is 9.59 Å². The van der Waals surface area contributed by atoms with Gasteiger partial charge < -0.3 is 15.2 Å². The van der Waals surface area contributed by atoms with E-state index in [9.17, 15) is 14.7 Å². The Hall–Kier alpha value is -3.35. The molecule has 2 amide bonds. The largest absolute Gasteiger partial charge is 0.508 e. The van der Waals surface area contributed by atoms with E-state index < -0.39 is 11.9 Å². The Kier molecular flexibility index (Phi) is 6.11. The summed E-state index contributed by atoms with van der Waals surface area (Å²) in [6.45, 7) is 1.56. The van der Waals surface area contributed by atoms with Gasteiger partial charge in [0.1, 0.15) is 17.5 Å². The number of carbonyl (C=O) groups is 2. The summed E-state index contributed by atoms with van der Waals surface area (Å²) in [6, 6.07) is 12.2. The van der Waals surface area contributed by atoms with Crippen molar-refractivity contribution in [3.8, 4) is 11.5 Å². The molecule has 2 aromatic rings. The van der Waals surface area contributed by atoms with E-state index in [1.807, 2.05) is 0 Å². The lowest BCUT2D eigenvalue weighted by Gasteiger charge is -2.12. The number of carbonyl (C=O) groups excluding carboxylic acids is 2. The van der Waals surface area contributed by atoms with E-state index in [-0.39, 0.29) is 11.7 Å². The molecule has 0 aromatic heterocycles. The van der Waals surface area contributed by atoms with Crippen LogP contribution in [0.4, 0.5) is 0 Å². The third kappa shape index (κ3) is 5.35. The summed E-state index contributed by atoms with van der Waals surface area (Å²) < 4.78 is 5.03. The van der Waals surface area contributed by atoms with Gasteiger partial charge in [-0.15, -0.1) is 0 Å². The number of hydrazone groups is 1. The van der Waals surface area contributed by atoms with E-state index >= 15 is 0 Å². The Balaban J connectivity index is 1.87. The van der Waals surface area contributed by atoms with Gasteiger partial charge in [0.05, 0.1) is 13.3 Å². The van der Waals surface area contributed by atoms with Gasteiger partial charge in [0.15, 0.2) is 0 Å². The quantitative estimate of drug-likeness (QED) is 0.550. The second kappa shape index (κ2) is 8.49. The van der Waals surface area contributed by atoms with Crippen LogP contribution in [0, 0.1) is 0 Å². The topological polar surface area (TPSA) is 100 Å². The van der Waals surface area contributed by atoms with E-state index in [1.54, 1.807) is 50.4 Å². The van der Waals surface area contributed by atoms with E-state index in [0.717, 1.165) is 0 Å². The van der Waals surface area contributed by atoms with Crippen LogP contribution in [-0.4, -0.2) is 36.3 Å². The maximum absolute atomic E-state index is 12.1. The highest BCUT2D eigenvalue weighted by atomic mass is 16.5. The predicted octanol–water partition coefficient (Wildman–Crippen LogP) is 1.67. The maximum atomic E-state index is 12.1. The second-order valence-corrected chi connectivity index (χ2v) is 5.25. The Morgan fingerprint density at radius 2 is 1.92 bits per heavy atom. The Bertz CT molecular complexity index is 772. The van der Waals surface area contributed by atoms with Gasteiger partial charge in [0.25, 0.3) is 11.8 Å². The van der Waals surface area contributed by atoms with Crippen molar-refractivity contribution in [3.05, 3.63) is 59.7 Å². The SMILES string of the molecule is COc1ccc(C(=O)NC(C)C(=O)NN=Cc2cccc(O)c2)cc1. The number of amides is 2. The average molecular weight is 341 g/mol. The number of phenols is 1. The van der Waals surface area contributed by atoms with Gasteiger partial charge in [-0.2, -0.15) is 5.10 Å². The number of nitrogens with one attached hydrogen (secondary N) is 2.